The molecular weight excluding hydrogens is 384 g/mol. The Hall–Kier alpha value is -0.413. The Bertz CT molecular complexity index is 772. The molecule has 4 rings (SSSR count). The monoisotopic (exact) mass is 430 g/mol. The molecule has 0 aromatic rings. The highest BCUT2D eigenvalue weighted by molar-refractivity contribution is 6.74. The lowest BCUT2D eigenvalue weighted by molar-refractivity contribution is -0.138. The molecule has 0 aliphatic heterocycles. The van der Waals surface area contributed by atoms with Gasteiger partial charge in [-0.25, -0.2) is 0 Å². The van der Waals surface area contributed by atoms with Crippen molar-refractivity contribution in [3.63, 3.8) is 0 Å². The number of carbonyl (C=O) groups is 1. The molecule has 170 valence electrons. The number of Topliss-reactive ketones (excluding diaryl/α,β-unsaturated/α-hetero) is 1. The van der Waals surface area contributed by atoms with Gasteiger partial charge in [-0.05, 0) is 78.8 Å². The molecule has 1 spiro atoms. The minimum absolute atomic E-state index is 0.0636. The highest BCUT2D eigenvalue weighted by atomic mass is 28.4. The van der Waals surface area contributed by atoms with E-state index < -0.39 is 8.32 Å². The minimum Gasteiger partial charge on any atom is -0.413 e. The van der Waals surface area contributed by atoms with Crippen molar-refractivity contribution in [3.05, 3.63) is 11.6 Å². The van der Waals surface area contributed by atoms with Crippen LogP contribution in [0.2, 0.25) is 18.1 Å². The summed E-state index contributed by atoms with van der Waals surface area (Å²) >= 11 is 0. The van der Waals surface area contributed by atoms with Crippen molar-refractivity contribution in [2.75, 3.05) is 0 Å². The normalized spacial score (nSPS) is 47.7. The predicted molar refractivity (Wildman–Crippen MR) is 128 cm³/mol. The Kier molecular flexibility index (Phi) is 4.98. The number of carbonyl (C=O) groups excluding carboxylic acids is 1. The fourth-order valence-electron chi connectivity index (χ4n) is 7.74. The van der Waals surface area contributed by atoms with E-state index in [2.05, 4.69) is 81.5 Å². The standard InChI is InChI=1S/C27H46O2Si/c1-15-12-19-17(3)18(4)23(29-30(10,11)25(5,6)7)21-22-20(26(22,8)9)13-16(2)27(19,14-15)24(21)28/h14,16-23H,12-13H2,1-11H3/t16-,17-,18-,19+,20-,21-,22-,23-,27-/m1/s1. The van der Waals surface area contributed by atoms with Crippen LogP contribution in [0.4, 0.5) is 0 Å². The first-order valence-electron chi connectivity index (χ1n) is 12.5. The van der Waals surface area contributed by atoms with E-state index >= 15 is 0 Å². The summed E-state index contributed by atoms with van der Waals surface area (Å²) in [6, 6.07) is 0. The Balaban J connectivity index is 1.87. The van der Waals surface area contributed by atoms with Crippen molar-refractivity contribution >= 4 is 14.1 Å². The van der Waals surface area contributed by atoms with Crippen LogP contribution in [0.5, 0.6) is 0 Å². The Morgan fingerprint density at radius 1 is 1.07 bits per heavy atom. The molecule has 9 atom stereocenters. The summed E-state index contributed by atoms with van der Waals surface area (Å²) in [5.74, 6) is 3.58. The van der Waals surface area contributed by atoms with Crippen LogP contribution >= 0.6 is 0 Å². The Morgan fingerprint density at radius 3 is 2.23 bits per heavy atom. The molecule has 0 aromatic heterocycles. The summed E-state index contributed by atoms with van der Waals surface area (Å²) in [6.45, 7) is 26.0. The highest BCUT2D eigenvalue weighted by Crippen LogP contribution is 2.72. The molecule has 0 amide bonds. The van der Waals surface area contributed by atoms with E-state index in [1.54, 1.807) is 0 Å². The molecule has 30 heavy (non-hydrogen) atoms. The first-order chi connectivity index (χ1) is 13.6. The quantitative estimate of drug-likeness (QED) is 0.344. The number of hydrogen-bond acceptors (Lipinski definition) is 2. The van der Waals surface area contributed by atoms with E-state index in [-0.39, 0.29) is 27.9 Å². The van der Waals surface area contributed by atoms with Gasteiger partial charge in [-0.15, -0.1) is 0 Å². The maximum absolute atomic E-state index is 14.7. The largest absolute Gasteiger partial charge is 0.413 e. The number of fused-ring (bicyclic) bond motifs is 3. The molecule has 0 unspecified atom stereocenters. The number of rotatable bonds is 2. The second-order valence-corrected chi connectivity index (χ2v) is 18.5. The van der Waals surface area contributed by atoms with E-state index in [0.29, 0.717) is 41.3 Å². The van der Waals surface area contributed by atoms with Crippen molar-refractivity contribution in [3.8, 4) is 0 Å². The van der Waals surface area contributed by atoms with Crippen LogP contribution in [0.25, 0.3) is 0 Å². The van der Waals surface area contributed by atoms with Gasteiger partial charge in [0.25, 0.3) is 0 Å². The second kappa shape index (κ2) is 6.56. The summed E-state index contributed by atoms with van der Waals surface area (Å²) < 4.78 is 7.23. The maximum Gasteiger partial charge on any atom is 0.192 e. The van der Waals surface area contributed by atoms with Crippen molar-refractivity contribution in [1.82, 2.24) is 0 Å². The van der Waals surface area contributed by atoms with Crippen LogP contribution in [0.3, 0.4) is 0 Å². The molecular formula is C27H46O2Si. The van der Waals surface area contributed by atoms with Crippen LogP contribution < -0.4 is 0 Å². The molecule has 3 heteroatoms. The molecule has 0 heterocycles. The summed E-state index contributed by atoms with van der Waals surface area (Å²) in [5.41, 5.74) is 1.46. The molecule has 3 saturated carbocycles. The van der Waals surface area contributed by atoms with Gasteiger partial charge in [0.2, 0.25) is 0 Å². The smallest absolute Gasteiger partial charge is 0.192 e. The molecule has 2 bridgehead atoms. The predicted octanol–water partition coefficient (Wildman–Crippen LogP) is 7.11. The highest BCUT2D eigenvalue weighted by Gasteiger charge is 2.72. The molecule has 4 aliphatic rings. The van der Waals surface area contributed by atoms with Crippen LogP contribution in [0.15, 0.2) is 11.6 Å². The molecule has 4 aliphatic carbocycles. The summed E-state index contributed by atoms with van der Waals surface area (Å²) in [7, 11) is -1.98. The fourth-order valence-corrected chi connectivity index (χ4v) is 9.13. The van der Waals surface area contributed by atoms with E-state index in [4.69, 9.17) is 4.43 Å². The lowest BCUT2D eigenvalue weighted by atomic mass is 9.61. The van der Waals surface area contributed by atoms with E-state index in [0.717, 1.165) is 6.42 Å². The molecule has 0 saturated heterocycles. The van der Waals surface area contributed by atoms with Gasteiger partial charge in [-0.1, -0.05) is 67.0 Å². The first-order valence-corrected chi connectivity index (χ1v) is 15.4. The zero-order chi connectivity index (χ0) is 22.6. The maximum atomic E-state index is 14.7. The molecule has 3 fully saturated rings. The zero-order valence-electron chi connectivity index (χ0n) is 21.4. The van der Waals surface area contributed by atoms with Gasteiger partial charge in [0.1, 0.15) is 5.78 Å². The topological polar surface area (TPSA) is 26.3 Å². The van der Waals surface area contributed by atoms with Crippen LogP contribution in [0.1, 0.15) is 75.2 Å². The molecule has 0 radical (unpaired) electrons. The van der Waals surface area contributed by atoms with Gasteiger partial charge in [0.15, 0.2) is 8.32 Å². The number of ketones is 1. The SMILES string of the molecule is CC1=C[C@]23C(=O)[C@@H]([C@H](O[Si](C)(C)C(C)(C)C)[C@H](C)[C@@H](C)[C@@H]2C1)[C@H]1[C@@H](C[C@H]3C)C1(C)C. The third-order valence-electron chi connectivity index (χ3n) is 10.9. The first kappa shape index (κ1) is 22.8. The summed E-state index contributed by atoms with van der Waals surface area (Å²) in [4.78, 5) is 14.7. The fraction of sp³-hybridized carbons (Fsp3) is 0.889. The number of hydrogen-bond donors (Lipinski definition) is 0. The van der Waals surface area contributed by atoms with Crippen LogP contribution in [0, 0.1) is 52.3 Å². The lowest BCUT2D eigenvalue weighted by Crippen LogP contribution is -2.51. The summed E-state index contributed by atoms with van der Waals surface area (Å²) in [5, 5.41) is 0.159. The van der Waals surface area contributed by atoms with Gasteiger partial charge in [0.05, 0.1) is 11.5 Å². The Labute approximate surface area is 186 Å². The molecule has 0 aromatic carbocycles. The second-order valence-electron chi connectivity index (χ2n) is 13.8. The van der Waals surface area contributed by atoms with E-state index in [9.17, 15) is 4.79 Å². The van der Waals surface area contributed by atoms with Crippen molar-refractivity contribution in [2.45, 2.75) is 99.4 Å². The Morgan fingerprint density at radius 2 is 1.67 bits per heavy atom. The van der Waals surface area contributed by atoms with E-state index in [1.165, 1.54) is 12.0 Å². The van der Waals surface area contributed by atoms with E-state index in [1.807, 2.05) is 0 Å². The van der Waals surface area contributed by atoms with Gasteiger partial charge in [-0.3, -0.25) is 4.79 Å². The van der Waals surface area contributed by atoms with Gasteiger partial charge in [0, 0.05) is 5.92 Å². The lowest BCUT2D eigenvalue weighted by Gasteiger charge is -2.44. The van der Waals surface area contributed by atoms with Crippen molar-refractivity contribution < 1.29 is 9.22 Å². The number of allylic oxidation sites excluding steroid dienone is 2. The van der Waals surface area contributed by atoms with Gasteiger partial charge >= 0.3 is 0 Å². The molecule has 2 nitrogen and oxygen atoms in total. The van der Waals surface area contributed by atoms with Crippen LogP contribution in [-0.4, -0.2) is 20.2 Å². The zero-order valence-corrected chi connectivity index (χ0v) is 22.4. The summed E-state index contributed by atoms with van der Waals surface area (Å²) in [6.07, 6.45) is 4.81. The third kappa shape index (κ3) is 2.86. The molecule has 0 N–H and O–H groups in total. The minimum atomic E-state index is -1.98. The van der Waals surface area contributed by atoms with Gasteiger partial charge in [-0.2, -0.15) is 0 Å². The third-order valence-corrected chi connectivity index (χ3v) is 15.4. The van der Waals surface area contributed by atoms with Gasteiger partial charge < -0.3 is 4.43 Å². The average molecular weight is 431 g/mol. The van der Waals surface area contributed by atoms with Crippen molar-refractivity contribution in [2.24, 2.45) is 52.3 Å². The average Bonchev–Trinajstić information content (AvgIpc) is 2.98. The van der Waals surface area contributed by atoms with Crippen LogP contribution in [-0.2, 0) is 9.22 Å². The van der Waals surface area contributed by atoms with Crippen molar-refractivity contribution in [1.29, 1.82) is 0 Å².